The number of hydrogen-bond acceptors (Lipinski definition) is 1. The number of alkyl halides is 2. The van der Waals surface area contributed by atoms with Crippen LogP contribution in [0.1, 0.15) is 80.9 Å². The van der Waals surface area contributed by atoms with Crippen molar-refractivity contribution in [3.05, 3.63) is 34.6 Å². The first-order chi connectivity index (χ1) is 12.3. The largest absolute Gasteiger partial charge is 0.358 e. The summed E-state index contributed by atoms with van der Waals surface area (Å²) in [6, 6.07) is 3.82. The van der Waals surface area contributed by atoms with Gasteiger partial charge in [0.2, 0.25) is 0 Å². The predicted molar refractivity (Wildman–Crippen MR) is 98.0 cm³/mol. The molecule has 0 unspecified atom stereocenters. The minimum Gasteiger partial charge on any atom is -0.317 e. The summed E-state index contributed by atoms with van der Waals surface area (Å²) in [7, 11) is 0. The Balaban J connectivity index is 1.55. The van der Waals surface area contributed by atoms with E-state index in [0.717, 1.165) is 31.2 Å². The zero-order valence-corrected chi connectivity index (χ0v) is 16.2. The van der Waals surface area contributed by atoms with Crippen LogP contribution in [-0.2, 0) is 4.74 Å². The van der Waals surface area contributed by atoms with Gasteiger partial charge < -0.3 is 4.74 Å². The van der Waals surface area contributed by atoms with Crippen molar-refractivity contribution in [2.45, 2.75) is 90.3 Å². The van der Waals surface area contributed by atoms with Crippen LogP contribution in [0, 0.1) is 31.5 Å². The highest BCUT2D eigenvalue weighted by Gasteiger charge is 2.44. The van der Waals surface area contributed by atoms with Gasteiger partial charge >= 0.3 is 6.11 Å². The maximum atomic E-state index is 14.5. The molecule has 2 aliphatic carbocycles. The lowest BCUT2D eigenvalue weighted by atomic mass is 9.81. The van der Waals surface area contributed by atoms with Crippen molar-refractivity contribution in [1.29, 1.82) is 0 Å². The number of aryl methyl sites for hydroxylation is 2. The number of rotatable bonds is 4. The summed E-state index contributed by atoms with van der Waals surface area (Å²) in [6.45, 7) is 5.70. The highest BCUT2D eigenvalue weighted by Crippen LogP contribution is 2.43. The fraction of sp³-hybridized carbons (Fsp3) is 0.727. The molecule has 0 heterocycles. The van der Waals surface area contributed by atoms with E-state index >= 15 is 0 Å². The van der Waals surface area contributed by atoms with Crippen LogP contribution in [-0.4, -0.2) is 12.2 Å². The van der Waals surface area contributed by atoms with E-state index in [0.29, 0.717) is 48.6 Å². The number of hydrogen-bond donors (Lipinski definition) is 0. The summed E-state index contributed by atoms with van der Waals surface area (Å²) >= 11 is 0. The molecule has 2 saturated carbocycles. The second kappa shape index (κ2) is 7.92. The molecule has 0 aliphatic heterocycles. The quantitative estimate of drug-likeness (QED) is 0.561. The normalized spacial score (nSPS) is 30.4. The Hall–Kier alpha value is -1.03. The third-order valence-corrected chi connectivity index (χ3v) is 6.42. The third kappa shape index (κ3) is 4.44. The lowest BCUT2D eigenvalue weighted by molar-refractivity contribution is -0.301. The molecule has 0 amide bonds. The van der Waals surface area contributed by atoms with Gasteiger partial charge in [-0.1, -0.05) is 31.9 Å². The molecule has 1 aromatic rings. The Labute approximate surface area is 155 Å². The predicted octanol–water partition coefficient (Wildman–Crippen LogP) is 6.90. The van der Waals surface area contributed by atoms with Crippen LogP contribution in [0.15, 0.2) is 12.1 Å². The van der Waals surface area contributed by atoms with E-state index in [1.165, 1.54) is 0 Å². The zero-order chi connectivity index (χ0) is 18.9. The summed E-state index contributed by atoms with van der Waals surface area (Å²) in [5.41, 5.74) is 2.46. The van der Waals surface area contributed by atoms with Crippen LogP contribution >= 0.6 is 0 Å². The zero-order valence-electron chi connectivity index (χ0n) is 16.2. The molecule has 146 valence electrons. The van der Waals surface area contributed by atoms with E-state index in [-0.39, 0.29) is 11.9 Å². The molecule has 1 nitrogen and oxygen atoms in total. The summed E-state index contributed by atoms with van der Waals surface area (Å²) in [4.78, 5) is 0. The van der Waals surface area contributed by atoms with Crippen molar-refractivity contribution in [2.75, 3.05) is 0 Å². The monoisotopic (exact) mass is 368 g/mol. The van der Waals surface area contributed by atoms with Crippen molar-refractivity contribution in [2.24, 2.45) is 11.8 Å². The first-order valence-corrected chi connectivity index (χ1v) is 10.1. The molecule has 0 spiro atoms. The van der Waals surface area contributed by atoms with E-state index < -0.39 is 12.0 Å². The maximum absolute atomic E-state index is 14.5. The molecule has 2 aliphatic rings. The van der Waals surface area contributed by atoms with Crippen LogP contribution < -0.4 is 0 Å². The first kappa shape index (κ1) is 19.7. The van der Waals surface area contributed by atoms with Crippen LogP contribution in [0.25, 0.3) is 0 Å². The molecule has 0 N–H and O–H groups in total. The number of benzene rings is 1. The van der Waals surface area contributed by atoms with Gasteiger partial charge in [0.25, 0.3) is 0 Å². The second-order valence-electron chi connectivity index (χ2n) is 8.58. The summed E-state index contributed by atoms with van der Waals surface area (Å²) in [5, 5.41) is 0. The molecule has 26 heavy (non-hydrogen) atoms. The molecule has 0 radical (unpaired) electrons. The van der Waals surface area contributed by atoms with Gasteiger partial charge in [0.15, 0.2) is 0 Å². The Morgan fingerprint density at radius 3 is 1.96 bits per heavy atom. The van der Waals surface area contributed by atoms with E-state index in [1.807, 2.05) is 12.1 Å². The number of halogens is 3. The van der Waals surface area contributed by atoms with Gasteiger partial charge in [0.1, 0.15) is 5.82 Å². The highest BCUT2D eigenvalue weighted by molar-refractivity contribution is 5.32. The van der Waals surface area contributed by atoms with Gasteiger partial charge in [0, 0.05) is 0 Å². The number of ether oxygens (including phenoxy) is 1. The Morgan fingerprint density at radius 2 is 1.42 bits per heavy atom. The van der Waals surface area contributed by atoms with Crippen molar-refractivity contribution >= 4 is 0 Å². The molecular weight excluding hydrogens is 337 g/mol. The van der Waals surface area contributed by atoms with Crippen molar-refractivity contribution in [3.8, 4) is 0 Å². The van der Waals surface area contributed by atoms with Crippen molar-refractivity contribution < 1.29 is 17.9 Å². The maximum Gasteiger partial charge on any atom is 0.358 e. The summed E-state index contributed by atoms with van der Waals surface area (Å²) in [5.74, 6) is 0.100. The van der Waals surface area contributed by atoms with E-state index in [9.17, 15) is 13.2 Å². The van der Waals surface area contributed by atoms with Gasteiger partial charge in [-0.3, -0.25) is 0 Å². The molecular formula is C22H31F3O. The molecule has 0 bridgehead atoms. The average Bonchev–Trinajstić information content (AvgIpc) is 2.60. The summed E-state index contributed by atoms with van der Waals surface area (Å²) < 4.78 is 48.2. The van der Waals surface area contributed by atoms with Crippen LogP contribution in [0.4, 0.5) is 13.2 Å². The van der Waals surface area contributed by atoms with Gasteiger partial charge in [-0.25, -0.2) is 4.39 Å². The van der Waals surface area contributed by atoms with Gasteiger partial charge in [-0.2, -0.15) is 8.78 Å². The lowest BCUT2D eigenvalue weighted by Gasteiger charge is -2.36. The minimum atomic E-state index is -3.00. The average molecular weight is 368 g/mol. The van der Waals surface area contributed by atoms with Gasteiger partial charge in [0.05, 0.1) is 12.0 Å². The molecule has 0 atom stereocenters. The standard InChI is InChI=1S/C22H31F3O/c1-14-4-8-19(9-5-14)22(24,25)26-20-10-6-17(7-11-20)18-12-15(2)21(23)16(3)13-18/h12-14,17,19-20H,4-11H2,1-3H3. The van der Waals surface area contributed by atoms with E-state index in [2.05, 4.69) is 6.92 Å². The van der Waals surface area contributed by atoms with E-state index in [4.69, 9.17) is 4.74 Å². The Bertz CT molecular complexity index is 589. The highest BCUT2D eigenvalue weighted by atomic mass is 19.3. The van der Waals surface area contributed by atoms with Gasteiger partial charge in [-0.15, -0.1) is 0 Å². The third-order valence-electron chi connectivity index (χ3n) is 6.42. The van der Waals surface area contributed by atoms with Crippen LogP contribution in [0.3, 0.4) is 0 Å². The smallest absolute Gasteiger partial charge is 0.317 e. The minimum absolute atomic E-state index is 0.146. The molecule has 2 fully saturated rings. The molecule has 4 heteroatoms. The molecule has 3 rings (SSSR count). The Kier molecular flexibility index (Phi) is 6.01. The fourth-order valence-corrected chi connectivity index (χ4v) is 4.64. The lowest BCUT2D eigenvalue weighted by Crippen LogP contribution is -2.38. The first-order valence-electron chi connectivity index (χ1n) is 10.1. The van der Waals surface area contributed by atoms with Gasteiger partial charge in [-0.05, 0) is 80.9 Å². The van der Waals surface area contributed by atoms with Crippen LogP contribution in [0.2, 0.25) is 0 Å². The second-order valence-corrected chi connectivity index (χ2v) is 8.58. The Morgan fingerprint density at radius 1 is 0.885 bits per heavy atom. The molecule has 0 saturated heterocycles. The SMILES string of the molecule is Cc1cc(C2CCC(OC(F)(F)C3CCC(C)CC3)CC2)cc(C)c1F. The topological polar surface area (TPSA) is 9.23 Å². The molecule has 0 aromatic heterocycles. The van der Waals surface area contributed by atoms with Crippen molar-refractivity contribution in [1.82, 2.24) is 0 Å². The van der Waals surface area contributed by atoms with Crippen LogP contribution in [0.5, 0.6) is 0 Å². The van der Waals surface area contributed by atoms with E-state index in [1.54, 1.807) is 13.8 Å². The fourth-order valence-electron chi connectivity index (χ4n) is 4.64. The summed E-state index contributed by atoms with van der Waals surface area (Å²) in [6.07, 6.45) is 2.48. The van der Waals surface area contributed by atoms with Crippen molar-refractivity contribution in [3.63, 3.8) is 0 Å². The molecule has 1 aromatic carbocycles.